The fraction of sp³-hybridized carbons (Fsp3) is 0.179. The number of aromatic nitrogens is 2. The van der Waals surface area contributed by atoms with E-state index in [1.54, 1.807) is 17.3 Å². The fourth-order valence-electron chi connectivity index (χ4n) is 5.87. The van der Waals surface area contributed by atoms with E-state index in [1.165, 1.54) is 23.8 Å². The highest BCUT2D eigenvalue weighted by atomic mass is 19.4. The maximum atomic E-state index is 14.5. The number of hydrogen-bond donors (Lipinski definition) is 0. The molecule has 6 nitrogen and oxygen atoms in total. The van der Waals surface area contributed by atoms with Gasteiger partial charge in [-0.15, -0.1) is 0 Å². The minimum absolute atomic E-state index is 0.133. The largest absolute Gasteiger partial charge is 0.417 e. The third-order valence-corrected chi connectivity index (χ3v) is 8.49. The molecule has 0 fully saturated rings. The van der Waals surface area contributed by atoms with Gasteiger partial charge < -0.3 is 9.80 Å². The minimum atomic E-state index is -4.52. The standard InChI is InChI=1S/C39H33F3N4O2/c40-39(41,42)34-14-15-35(44-25-34)16-17-37(47)46(26-29-10-12-31(13-11-29)32-18-21-43-22-19-32)36(24-28-6-2-1-3-7-28)38(48)45-23-20-30-8-4-5-9-33(30)27-45/h1-19,21-22,25,36H,20,23-24,26-27H2/b17-16+/t36-/m0/s1. The van der Waals surface area contributed by atoms with E-state index < -0.39 is 23.7 Å². The lowest BCUT2D eigenvalue weighted by atomic mass is 9.97. The number of carbonyl (C=O) groups excluding carboxylic acids is 2. The van der Waals surface area contributed by atoms with Crippen LogP contribution in [0.15, 0.2) is 128 Å². The highest BCUT2D eigenvalue weighted by Crippen LogP contribution is 2.29. The Kier molecular flexibility index (Phi) is 9.75. The summed E-state index contributed by atoms with van der Waals surface area (Å²) in [6.45, 7) is 1.09. The average molecular weight is 647 g/mol. The number of halogens is 3. The molecule has 1 aliphatic heterocycles. The maximum absolute atomic E-state index is 14.5. The van der Waals surface area contributed by atoms with Crippen molar-refractivity contribution in [3.63, 3.8) is 0 Å². The number of amides is 2. The van der Waals surface area contributed by atoms with Gasteiger partial charge in [0.05, 0.1) is 11.3 Å². The third kappa shape index (κ3) is 7.86. The van der Waals surface area contributed by atoms with E-state index in [4.69, 9.17) is 0 Å². The first kappa shape index (κ1) is 32.4. The van der Waals surface area contributed by atoms with Crippen LogP contribution in [-0.4, -0.2) is 44.2 Å². The van der Waals surface area contributed by atoms with Crippen molar-refractivity contribution < 1.29 is 22.8 Å². The molecule has 48 heavy (non-hydrogen) atoms. The zero-order valence-electron chi connectivity index (χ0n) is 26.1. The van der Waals surface area contributed by atoms with Gasteiger partial charge in [0.15, 0.2) is 0 Å². The molecule has 0 unspecified atom stereocenters. The summed E-state index contributed by atoms with van der Waals surface area (Å²) in [6, 6.07) is 30.5. The number of pyridine rings is 2. The number of hydrogen-bond acceptors (Lipinski definition) is 4. The molecule has 3 heterocycles. The highest BCUT2D eigenvalue weighted by molar-refractivity contribution is 5.95. The smallest absolute Gasteiger partial charge is 0.336 e. The molecule has 9 heteroatoms. The normalized spacial score (nSPS) is 13.6. The van der Waals surface area contributed by atoms with Gasteiger partial charge in [-0.1, -0.05) is 78.9 Å². The first-order chi connectivity index (χ1) is 23.2. The maximum Gasteiger partial charge on any atom is 0.417 e. The Bertz CT molecular complexity index is 1880. The third-order valence-electron chi connectivity index (χ3n) is 8.49. The van der Waals surface area contributed by atoms with Gasteiger partial charge in [0, 0.05) is 50.7 Å². The molecule has 2 amide bonds. The summed E-state index contributed by atoms with van der Waals surface area (Å²) < 4.78 is 39.3. The van der Waals surface area contributed by atoms with Crippen molar-refractivity contribution in [2.45, 2.75) is 38.1 Å². The summed E-state index contributed by atoms with van der Waals surface area (Å²) in [7, 11) is 0. The monoisotopic (exact) mass is 646 g/mol. The van der Waals surface area contributed by atoms with E-state index in [0.29, 0.717) is 19.5 Å². The SMILES string of the molecule is O=C([C@H](Cc1ccccc1)N(Cc1ccc(-c2ccncc2)cc1)C(=O)/C=C/c1ccc(C(F)(F)F)cn1)N1CCc2ccccc2C1. The Morgan fingerprint density at radius 1 is 0.812 bits per heavy atom. The molecule has 242 valence electrons. The van der Waals surface area contributed by atoms with Gasteiger partial charge in [0.25, 0.3) is 0 Å². The number of benzene rings is 3. The van der Waals surface area contributed by atoms with Gasteiger partial charge >= 0.3 is 6.18 Å². The van der Waals surface area contributed by atoms with Crippen molar-refractivity contribution in [2.24, 2.45) is 0 Å². The van der Waals surface area contributed by atoms with Crippen molar-refractivity contribution in [2.75, 3.05) is 6.54 Å². The van der Waals surface area contributed by atoms with E-state index in [-0.39, 0.29) is 24.6 Å². The number of alkyl halides is 3. The zero-order valence-corrected chi connectivity index (χ0v) is 26.1. The second-order valence-electron chi connectivity index (χ2n) is 11.7. The number of carbonyl (C=O) groups is 2. The van der Waals surface area contributed by atoms with Gasteiger partial charge in [0.2, 0.25) is 11.8 Å². The summed E-state index contributed by atoms with van der Waals surface area (Å²) in [4.78, 5) is 39.9. The van der Waals surface area contributed by atoms with Crippen LogP contribution in [0, 0.1) is 0 Å². The molecule has 0 aliphatic carbocycles. The Labute approximate surface area is 277 Å². The second kappa shape index (κ2) is 14.5. The van der Waals surface area contributed by atoms with Gasteiger partial charge in [-0.25, -0.2) is 0 Å². The van der Waals surface area contributed by atoms with Gasteiger partial charge in [-0.2, -0.15) is 13.2 Å². The average Bonchev–Trinajstić information content (AvgIpc) is 3.12. The minimum Gasteiger partial charge on any atom is -0.336 e. The molecule has 0 spiro atoms. The highest BCUT2D eigenvalue weighted by Gasteiger charge is 2.34. The predicted molar refractivity (Wildman–Crippen MR) is 178 cm³/mol. The summed E-state index contributed by atoms with van der Waals surface area (Å²) in [5, 5.41) is 0. The van der Waals surface area contributed by atoms with Crippen LogP contribution in [0.5, 0.6) is 0 Å². The van der Waals surface area contributed by atoms with Crippen LogP contribution in [0.1, 0.15) is 33.5 Å². The molecule has 2 aromatic heterocycles. The van der Waals surface area contributed by atoms with E-state index in [0.717, 1.165) is 40.1 Å². The molecule has 0 saturated heterocycles. The van der Waals surface area contributed by atoms with E-state index >= 15 is 0 Å². The van der Waals surface area contributed by atoms with Crippen LogP contribution in [0.4, 0.5) is 13.2 Å². The van der Waals surface area contributed by atoms with E-state index in [9.17, 15) is 22.8 Å². The fourth-order valence-corrected chi connectivity index (χ4v) is 5.87. The quantitative estimate of drug-likeness (QED) is 0.157. The van der Waals surface area contributed by atoms with Crippen LogP contribution >= 0.6 is 0 Å². The van der Waals surface area contributed by atoms with E-state index in [2.05, 4.69) is 16.0 Å². The van der Waals surface area contributed by atoms with E-state index in [1.807, 2.05) is 89.8 Å². The van der Waals surface area contributed by atoms with Crippen molar-refractivity contribution >= 4 is 17.9 Å². The molecule has 1 atom stereocenters. The van der Waals surface area contributed by atoms with Crippen molar-refractivity contribution in [1.29, 1.82) is 0 Å². The Morgan fingerprint density at radius 2 is 1.50 bits per heavy atom. The molecule has 1 aliphatic rings. The van der Waals surface area contributed by atoms with Crippen LogP contribution in [0.2, 0.25) is 0 Å². The number of nitrogens with zero attached hydrogens (tertiary/aromatic N) is 4. The Morgan fingerprint density at radius 3 is 2.19 bits per heavy atom. The molecule has 0 saturated carbocycles. The molecule has 0 radical (unpaired) electrons. The van der Waals surface area contributed by atoms with Crippen molar-refractivity contribution in [1.82, 2.24) is 19.8 Å². The zero-order chi connectivity index (χ0) is 33.5. The predicted octanol–water partition coefficient (Wildman–Crippen LogP) is 7.40. The summed E-state index contributed by atoms with van der Waals surface area (Å²) in [5.41, 5.74) is 5.29. The number of fused-ring (bicyclic) bond motifs is 1. The van der Waals surface area contributed by atoms with Crippen LogP contribution in [0.25, 0.3) is 17.2 Å². The molecule has 0 bridgehead atoms. The van der Waals surface area contributed by atoms with Crippen LogP contribution in [0.3, 0.4) is 0 Å². The number of rotatable bonds is 9. The summed E-state index contributed by atoms with van der Waals surface area (Å²) >= 11 is 0. The van der Waals surface area contributed by atoms with Crippen molar-refractivity contribution in [3.8, 4) is 11.1 Å². The Balaban J connectivity index is 1.34. The van der Waals surface area contributed by atoms with Crippen molar-refractivity contribution in [3.05, 3.63) is 161 Å². The molecular formula is C39H33F3N4O2. The van der Waals surface area contributed by atoms with Gasteiger partial charge in [-0.05, 0) is 70.1 Å². The lowest BCUT2D eigenvalue weighted by Gasteiger charge is -2.37. The molecule has 0 N–H and O–H groups in total. The first-order valence-corrected chi connectivity index (χ1v) is 15.7. The lowest BCUT2D eigenvalue weighted by molar-refractivity contribution is -0.144. The Hall–Kier alpha value is -5.57. The van der Waals surface area contributed by atoms with Gasteiger partial charge in [-0.3, -0.25) is 19.6 Å². The summed E-state index contributed by atoms with van der Waals surface area (Å²) in [5.74, 6) is -0.627. The van der Waals surface area contributed by atoms with Gasteiger partial charge in [0.1, 0.15) is 6.04 Å². The van der Waals surface area contributed by atoms with Crippen LogP contribution in [-0.2, 0) is 41.7 Å². The first-order valence-electron chi connectivity index (χ1n) is 15.7. The molecular weight excluding hydrogens is 613 g/mol. The molecule has 5 aromatic rings. The molecule has 3 aromatic carbocycles. The second-order valence-corrected chi connectivity index (χ2v) is 11.7. The van der Waals surface area contributed by atoms with Crippen LogP contribution < -0.4 is 0 Å². The molecule has 6 rings (SSSR count). The summed E-state index contributed by atoms with van der Waals surface area (Å²) in [6.07, 6.45) is 3.31. The lowest BCUT2D eigenvalue weighted by Crippen LogP contribution is -2.52. The topological polar surface area (TPSA) is 66.4 Å².